The molecule has 0 N–H and O–H groups in total. The zero-order valence-electron chi connectivity index (χ0n) is 14.4. The van der Waals surface area contributed by atoms with E-state index in [2.05, 4.69) is 10.1 Å². The lowest BCUT2D eigenvalue weighted by molar-refractivity contribution is 0.398. The fourth-order valence-electron chi connectivity index (χ4n) is 2.54. The molecule has 1 heterocycles. The first-order valence-corrected chi connectivity index (χ1v) is 9.33. The van der Waals surface area contributed by atoms with Crippen LogP contribution in [0.25, 0.3) is 5.69 Å². The maximum absolute atomic E-state index is 12.8. The number of hydrogen-bond acceptors (Lipinski definition) is 4. The zero-order valence-corrected chi connectivity index (χ0v) is 15.2. The number of benzene rings is 2. The van der Waals surface area contributed by atoms with Gasteiger partial charge in [-0.3, -0.25) is 0 Å². The molecule has 0 saturated heterocycles. The third-order valence-corrected chi connectivity index (χ3v) is 6.24. The van der Waals surface area contributed by atoms with Gasteiger partial charge in [-0.2, -0.15) is 9.40 Å². The first-order valence-electron chi connectivity index (χ1n) is 7.89. The molecule has 0 aliphatic heterocycles. The molecule has 130 valence electrons. The maximum Gasteiger partial charge on any atom is 0.243 e. The first-order chi connectivity index (χ1) is 11.9. The molecule has 7 heteroatoms. The molecular formula is C18H20N4O2S. The van der Waals surface area contributed by atoms with Crippen LogP contribution in [0, 0.1) is 6.92 Å². The van der Waals surface area contributed by atoms with E-state index in [0.717, 1.165) is 16.8 Å². The Morgan fingerprint density at radius 1 is 1.04 bits per heavy atom. The van der Waals surface area contributed by atoms with E-state index in [-0.39, 0.29) is 6.04 Å². The van der Waals surface area contributed by atoms with Gasteiger partial charge in [0.15, 0.2) is 0 Å². The average molecular weight is 356 g/mol. The van der Waals surface area contributed by atoms with Crippen molar-refractivity contribution in [1.29, 1.82) is 0 Å². The number of sulfonamides is 1. The second-order valence-corrected chi connectivity index (χ2v) is 7.94. The summed E-state index contributed by atoms with van der Waals surface area (Å²) in [6.45, 7) is 3.80. The van der Waals surface area contributed by atoms with Gasteiger partial charge in [-0.15, -0.1) is 0 Å². The van der Waals surface area contributed by atoms with E-state index in [1.807, 2.05) is 38.1 Å². The highest BCUT2D eigenvalue weighted by Gasteiger charge is 2.26. The van der Waals surface area contributed by atoms with Crippen LogP contribution in [-0.4, -0.2) is 34.5 Å². The van der Waals surface area contributed by atoms with Crippen molar-refractivity contribution in [3.05, 3.63) is 72.3 Å². The summed E-state index contributed by atoms with van der Waals surface area (Å²) in [5.74, 6) is 0. The van der Waals surface area contributed by atoms with Gasteiger partial charge in [-0.25, -0.2) is 18.1 Å². The lowest BCUT2D eigenvalue weighted by Gasteiger charge is -2.25. The Hall–Kier alpha value is -2.51. The Morgan fingerprint density at radius 3 is 2.24 bits per heavy atom. The molecule has 0 bridgehead atoms. The number of aryl methyl sites for hydroxylation is 1. The third-order valence-electron chi connectivity index (χ3n) is 4.30. The number of rotatable bonds is 5. The molecule has 0 spiro atoms. The lowest BCUT2D eigenvalue weighted by Crippen LogP contribution is -2.29. The van der Waals surface area contributed by atoms with Gasteiger partial charge >= 0.3 is 0 Å². The molecule has 1 atom stereocenters. The van der Waals surface area contributed by atoms with Crippen molar-refractivity contribution >= 4 is 10.0 Å². The minimum absolute atomic E-state index is 0.295. The third kappa shape index (κ3) is 3.47. The maximum atomic E-state index is 12.8. The number of hydrogen-bond donors (Lipinski definition) is 0. The highest BCUT2D eigenvalue weighted by molar-refractivity contribution is 7.89. The summed E-state index contributed by atoms with van der Waals surface area (Å²) in [7, 11) is -1.95. The molecule has 0 amide bonds. The summed E-state index contributed by atoms with van der Waals surface area (Å²) in [6.07, 6.45) is 3.09. The van der Waals surface area contributed by atoms with Gasteiger partial charge in [0.2, 0.25) is 10.0 Å². The molecule has 0 radical (unpaired) electrons. The van der Waals surface area contributed by atoms with Gasteiger partial charge in [0.1, 0.15) is 12.7 Å². The van der Waals surface area contributed by atoms with Crippen molar-refractivity contribution < 1.29 is 8.42 Å². The largest absolute Gasteiger partial charge is 0.243 e. The minimum Gasteiger partial charge on any atom is -0.223 e. The van der Waals surface area contributed by atoms with Gasteiger partial charge < -0.3 is 0 Å². The monoisotopic (exact) mass is 356 g/mol. The Kier molecular flexibility index (Phi) is 4.69. The van der Waals surface area contributed by atoms with Crippen LogP contribution in [0.3, 0.4) is 0 Å². The molecule has 0 fully saturated rings. The second-order valence-electron chi connectivity index (χ2n) is 5.94. The quantitative estimate of drug-likeness (QED) is 0.705. The van der Waals surface area contributed by atoms with E-state index in [9.17, 15) is 8.42 Å². The van der Waals surface area contributed by atoms with Gasteiger partial charge in [0, 0.05) is 13.1 Å². The van der Waals surface area contributed by atoms with Gasteiger partial charge in [0.25, 0.3) is 0 Å². The van der Waals surface area contributed by atoms with Crippen LogP contribution in [0.2, 0.25) is 0 Å². The van der Waals surface area contributed by atoms with Crippen molar-refractivity contribution in [3.63, 3.8) is 0 Å². The smallest absolute Gasteiger partial charge is 0.223 e. The molecule has 0 saturated carbocycles. The molecular weight excluding hydrogens is 336 g/mol. The summed E-state index contributed by atoms with van der Waals surface area (Å²) in [4.78, 5) is 4.22. The molecule has 25 heavy (non-hydrogen) atoms. The Bertz CT molecular complexity index is 934. The minimum atomic E-state index is -3.55. The predicted molar refractivity (Wildman–Crippen MR) is 95.9 cm³/mol. The van der Waals surface area contributed by atoms with E-state index in [1.165, 1.54) is 10.6 Å². The van der Waals surface area contributed by atoms with Crippen molar-refractivity contribution in [3.8, 4) is 5.69 Å². The van der Waals surface area contributed by atoms with Gasteiger partial charge in [-0.05, 0) is 43.7 Å². The van der Waals surface area contributed by atoms with Gasteiger partial charge in [0.05, 0.1) is 10.6 Å². The van der Waals surface area contributed by atoms with Crippen LogP contribution in [0.1, 0.15) is 24.1 Å². The van der Waals surface area contributed by atoms with E-state index in [4.69, 9.17) is 0 Å². The van der Waals surface area contributed by atoms with Crippen LogP contribution in [0.4, 0.5) is 0 Å². The SMILES string of the molecule is Cc1ccc(S(=O)(=O)N(C)[C@@H](C)c2ccc(-n3cncn3)cc2)cc1. The molecule has 0 unspecified atom stereocenters. The van der Waals surface area contributed by atoms with Crippen molar-refractivity contribution in [2.24, 2.45) is 0 Å². The highest BCUT2D eigenvalue weighted by Crippen LogP contribution is 2.26. The Labute approximate surface area is 147 Å². The predicted octanol–water partition coefficient (Wildman–Crippen LogP) is 2.96. The van der Waals surface area contributed by atoms with Crippen LogP contribution < -0.4 is 0 Å². The molecule has 2 aromatic carbocycles. The molecule has 1 aromatic heterocycles. The second kappa shape index (κ2) is 6.78. The lowest BCUT2D eigenvalue weighted by atomic mass is 10.1. The van der Waals surface area contributed by atoms with E-state index in [0.29, 0.717) is 4.90 Å². The average Bonchev–Trinajstić information content (AvgIpc) is 3.15. The van der Waals surface area contributed by atoms with Gasteiger partial charge in [-0.1, -0.05) is 29.8 Å². The normalized spacial score (nSPS) is 13.1. The topological polar surface area (TPSA) is 68.1 Å². The summed E-state index contributed by atoms with van der Waals surface area (Å²) in [5.41, 5.74) is 2.80. The zero-order chi connectivity index (χ0) is 18.0. The Morgan fingerprint density at radius 2 is 1.68 bits per heavy atom. The fourth-order valence-corrected chi connectivity index (χ4v) is 3.89. The number of nitrogens with zero attached hydrogens (tertiary/aromatic N) is 4. The van der Waals surface area contributed by atoms with E-state index in [1.54, 1.807) is 42.3 Å². The summed E-state index contributed by atoms with van der Waals surface area (Å²) in [6, 6.07) is 14.2. The molecule has 0 aliphatic rings. The summed E-state index contributed by atoms with van der Waals surface area (Å²) >= 11 is 0. The number of aromatic nitrogens is 3. The summed E-state index contributed by atoms with van der Waals surface area (Å²) in [5, 5.41) is 4.08. The highest BCUT2D eigenvalue weighted by atomic mass is 32.2. The first kappa shape index (κ1) is 17.3. The van der Waals surface area contributed by atoms with Crippen LogP contribution >= 0.6 is 0 Å². The molecule has 6 nitrogen and oxygen atoms in total. The van der Waals surface area contributed by atoms with Crippen LogP contribution in [-0.2, 0) is 10.0 Å². The Balaban J connectivity index is 1.84. The van der Waals surface area contributed by atoms with E-state index >= 15 is 0 Å². The van der Waals surface area contributed by atoms with E-state index < -0.39 is 10.0 Å². The molecule has 0 aliphatic carbocycles. The van der Waals surface area contributed by atoms with Crippen molar-refractivity contribution in [1.82, 2.24) is 19.1 Å². The molecule has 3 aromatic rings. The fraction of sp³-hybridized carbons (Fsp3) is 0.222. The standard InChI is InChI=1S/C18H20N4O2S/c1-14-4-10-18(11-5-14)25(23,24)21(3)15(2)16-6-8-17(9-7-16)22-13-19-12-20-22/h4-13,15H,1-3H3/t15-/m0/s1. The summed E-state index contributed by atoms with van der Waals surface area (Å²) < 4.78 is 28.7. The van der Waals surface area contributed by atoms with Crippen molar-refractivity contribution in [2.75, 3.05) is 7.05 Å². The van der Waals surface area contributed by atoms with Crippen molar-refractivity contribution in [2.45, 2.75) is 24.8 Å². The van der Waals surface area contributed by atoms with Crippen LogP contribution in [0.5, 0.6) is 0 Å². The molecule has 3 rings (SSSR count). The van der Waals surface area contributed by atoms with Crippen LogP contribution in [0.15, 0.2) is 66.1 Å².